The zero-order valence-electron chi connectivity index (χ0n) is 19.4. The van der Waals surface area contributed by atoms with Crippen LogP contribution in [0.2, 0.25) is 0 Å². The van der Waals surface area contributed by atoms with Crippen molar-refractivity contribution in [3.8, 4) is 0 Å². The summed E-state index contributed by atoms with van der Waals surface area (Å²) >= 11 is 0. The SMILES string of the molecule is CCOC(CCNC(=O)[C@H](NS(=O)(=O)c1ccc2c(c1)CCC(=O)N2)c1ccccc1)OCC. The molecular weight excluding hydrogens is 458 g/mol. The zero-order chi connectivity index (χ0) is 24.6. The number of carbonyl (C=O) groups excluding carboxylic acids is 2. The van der Waals surface area contributed by atoms with Gasteiger partial charge in [0.25, 0.3) is 0 Å². The molecule has 34 heavy (non-hydrogen) atoms. The van der Waals surface area contributed by atoms with Crippen LogP contribution in [-0.2, 0) is 35.5 Å². The second-order valence-electron chi connectivity index (χ2n) is 7.75. The van der Waals surface area contributed by atoms with Gasteiger partial charge in [-0.25, -0.2) is 8.42 Å². The zero-order valence-corrected chi connectivity index (χ0v) is 20.2. The number of aryl methyl sites for hydroxylation is 1. The fourth-order valence-corrected chi connectivity index (χ4v) is 4.90. The third-order valence-corrected chi connectivity index (χ3v) is 6.76. The number of carbonyl (C=O) groups is 2. The molecule has 0 aliphatic carbocycles. The predicted octanol–water partition coefficient (Wildman–Crippen LogP) is 2.50. The van der Waals surface area contributed by atoms with E-state index in [-0.39, 0.29) is 17.3 Å². The van der Waals surface area contributed by atoms with E-state index < -0.39 is 28.3 Å². The van der Waals surface area contributed by atoms with Crippen molar-refractivity contribution < 1.29 is 27.5 Å². The number of benzene rings is 2. The molecule has 2 aromatic rings. The molecule has 0 spiro atoms. The maximum absolute atomic E-state index is 13.2. The molecule has 0 unspecified atom stereocenters. The van der Waals surface area contributed by atoms with E-state index in [2.05, 4.69) is 15.4 Å². The number of hydrogen-bond donors (Lipinski definition) is 3. The third kappa shape index (κ3) is 6.86. The van der Waals surface area contributed by atoms with Crippen molar-refractivity contribution in [1.82, 2.24) is 10.0 Å². The molecule has 1 aliphatic rings. The Morgan fingerprint density at radius 1 is 1.06 bits per heavy atom. The van der Waals surface area contributed by atoms with E-state index in [1.807, 2.05) is 13.8 Å². The van der Waals surface area contributed by atoms with Crippen LogP contribution in [0.3, 0.4) is 0 Å². The Hall–Kier alpha value is -2.79. The average molecular weight is 490 g/mol. The van der Waals surface area contributed by atoms with E-state index in [1.54, 1.807) is 36.4 Å². The minimum Gasteiger partial charge on any atom is -0.354 e. The number of anilines is 1. The Morgan fingerprint density at radius 2 is 1.76 bits per heavy atom. The van der Waals surface area contributed by atoms with Crippen molar-refractivity contribution in [2.75, 3.05) is 25.1 Å². The van der Waals surface area contributed by atoms with E-state index in [4.69, 9.17) is 9.47 Å². The van der Waals surface area contributed by atoms with E-state index in [0.29, 0.717) is 43.7 Å². The summed E-state index contributed by atoms with van der Waals surface area (Å²) in [7, 11) is -4.03. The van der Waals surface area contributed by atoms with Gasteiger partial charge in [0.1, 0.15) is 6.04 Å². The van der Waals surface area contributed by atoms with Crippen molar-refractivity contribution in [2.45, 2.75) is 50.3 Å². The largest absolute Gasteiger partial charge is 0.354 e. The van der Waals surface area contributed by atoms with E-state index in [9.17, 15) is 18.0 Å². The summed E-state index contributed by atoms with van der Waals surface area (Å²) in [5.74, 6) is -0.579. The highest BCUT2D eigenvalue weighted by Crippen LogP contribution is 2.26. The summed E-state index contributed by atoms with van der Waals surface area (Å²) in [6.07, 6.45) is 0.730. The first kappa shape index (κ1) is 25.8. The van der Waals surface area contributed by atoms with Gasteiger partial charge >= 0.3 is 0 Å². The fraction of sp³-hybridized carbons (Fsp3) is 0.417. The topological polar surface area (TPSA) is 123 Å². The summed E-state index contributed by atoms with van der Waals surface area (Å²) < 4.78 is 39.9. The van der Waals surface area contributed by atoms with Gasteiger partial charge in [0.05, 0.1) is 4.90 Å². The molecule has 3 rings (SSSR count). The van der Waals surface area contributed by atoms with Crippen LogP contribution in [0, 0.1) is 0 Å². The summed E-state index contributed by atoms with van der Waals surface area (Å²) in [6.45, 7) is 4.94. The third-order valence-electron chi connectivity index (χ3n) is 5.33. The molecule has 3 N–H and O–H groups in total. The highest BCUT2D eigenvalue weighted by molar-refractivity contribution is 7.89. The Morgan fingerprint density at radius 3 is 2.44 bits per heavy atom. The van der Waals surface area contributed by atoms with Crippen molar-refractivity contribution in [2.24, 2.45) is 0 Å². The molecule has 1 heterocycles. The van der Waals surface area contributed by atoms with Crippen LogP contribution in [0.15, 0.2) is 53.4 Å². The van der Waals surface area contributed by atoms with Gasteiger partial charge in [-0.1, -0.05) is 30.3 Å². The first-order valence-electron chi connectivity index (χ1n) is 11.3. The van der Waals surface area contributed by atoms with E-state index in [1.165, 1.54) is 12.1 Å². The number of rotatable bonds is 12. The molecule has 9 nitrogen and oxygen atoms in total. The average Bonchev–Trinajstić information content (AvgIpc) is 2.83. The van der Waals surface area contributed by atoms with Crippen LogP contribution in [0.5, 0.6) is 0 Å². The van der Waals surface area contributed by atoms with Gasteiger partial charge in [-0.05, 0) is 49.6 Å². The lowest BCUT2D eigenvalue weighted by molar-refractivity contribution is -0.140. The normalized spacial score (nSPS) is 14.4. The summed E-state index contributed by atoms with van der Waals surface area (Å²) in [5.41, 5.74) is 1.85. The second kappa shape index (κ2) is 12.1. The Labute approximate surface area is 200 Å². The van der Waals surface area contributed by atoms with Gasteiger partial charge in [0.15, 0.2) is 6.29 Å². The van der Waals surface area contributed by atoms with Gasteiger partial charge < -0.3 is 20.1 Å². The maximum atomic E-state index is 13.2. The minimum absolute atomic E-state index is 0.0314. The molecule has 10 heteroatoms. The number of amides is 2. The molecule has 184 valence electrons. The van der Waals surface area contributed by atoms with Crippen LogP contribution in [0.1, 0.15) is 43.9 Å². The fourth-order valence-electron chi connectivity index (χ4n) is 3.67. The smallest absolute Gasteiger partial charge is 0.242 e. The molecule has 0 radical (unpaired) electrons. The summed E-state index contributed by atoms with van der Waals surface area (Å²) in [6, 6.07) is 12.1. The standard InChI is InChI=1S/C24H31N3O6S/c1-3-32-22(33-4-2)14-15-25-24(29)23(17-8-6-5-7-9-17)27-34(30,31)19-11-12-20-18(16-19)10-13-21(28)26-20/h5-9,11-12,16,22-23,27H,3-4,10,13-15H2,1-2H3,(H,25,29)(H,26,28)/t23-/m1/s1. The lowest BCUT2D eigenvalue weighted by atomic mass is 10.0. The molecule has 0 aromatic heterocycles. The Kier molecular flexibility index (Phi) is 9.17. The molecule has 0 saturated heterocycles. The summed E-state index contributed by atoms with van der Waals surface area (Å²) in [4.78, 5) is 24.7. The number of ether oxygens (including phenoxy) is 2. The number of fused-ring (bicyclic) bond motifs is 1. The van der Waals surface area contributed by atoms with Crippen molar-refractivity contribution in [3.63, 3.8) is 0 Å². The van der Waals surface area contributed by atoms with Crippen molar-refractivity contribution in [3.05, 3.63) is 59.7 Å². The summed E-state index contributed by atoms with van der Waals surface area (Å²) in [5, 5.41) is 5.52. The second-order valence-corrected chi connectivity index (χ2v) is 9.47. The van der Waals surface area contributed by atoms with E-state index in [0.717, 1.165) is 5.56 Å². The monoisotopic (exact) mass is 489 g/mol. The number of sulfonamides is 1. The molecule has 1 aliphatic heterocycles. The molecule has 2 amide bonds. The highest BCUT2D eigenvalue weighted by Gasteiger charge is 2.28. The quantitative estimate of drug-likeness (QED) is 0.394. The Balaban J connectivity index is 1.76. The molecule has 2 aromatic carbocycles. The van der Waals surface area contributed by atoms with Crippen LogP contribution in [0.4, 0.5) is 5.69 Å². The van der Waals surface area contributed by atoms with Crippen LogP contribution < -0.4 is 15.4 Å². The predicted molar refractivity (Wildman–Crippen MR) is 128 cm³/mol. The molecule has 0 fully saturated rings. The molecular formula is C24H31N3O6S. The first-order valence-corrected chi connectivity index (χ1v) is 12.8. The van der Waals surface area contributed by atoms with Crippen LogP contribution in [-0.4, -0.2) is 46.3 Å². The van der Waals surface area contributed by atoms with Gasteiger partial charge in [0.2, 0.25) is 21.8 Å². The van der Waals surface area contributed by atoms with Gasteiger partial charge in [-0.15, -0.1) is 0 Å². The van der Waals surface area contributed by atoms with Gasteiger partial charge in [-0.2, -0.15) is 4.72 Å². The van der Waals surface area contributed by atoms with Crippen molar-refractivity contribution in [1.29, 1.82) is 0 Å². The van der Waals surface area contributed by atoms with Crippen molar-refractivity contribution >= 4 is 27.5 Å². The number of nitrogens with one attached hydrogen (secondary N) is 3. The molecule has 0 bridgehead atoms. The molecule has 0 saturated carbocycles. The maximum Gasteiger partial charge on any atom is 0.242 e. The highest BCUT2D eigenvalue weighted by atomic mass is 32.2. The first-order chi connectivity index (χ1) is 16.3. The number of hydrogen-bond acceptors (Lipinski definition) is 6. The van der Waals surface area contributed by atoms with Gasteiger partial charge in [0, 0.05) is 38.3 Å². The van der Waals surface area contributed by atoms with Gasteiger partial charge in [-0.3, -0.25) is 9.59 Å². The minimum atomic E-state index is -4.03. The molecule has 1 atom stereocenters. The Bertz CT molecular complexity index is 1090. The lowest BCUT2D eigenvalue weighted by Gasteiger charge is -2.22. The van der Waals surface area contributed by atoms with E-state index >= 15 is 0 Å². The lowest BCUT2D eigenvalue weighted by Crippen LogP contribution is -2.41. The van der Waals surface area contributed by atoms with Crippen LogP contribution in [0.25, 0.3) is 0 Å². The van der Waals surface area contributed by atoms with Crippen LogP contribution >= 0.6 is 0 Å².